The summed E-state index contributed by atoms with van der Waals surface area (Å²) in [7, 11) is 0. The standard InChI is InChI=1S/C17H13N5O4S/c1-10-5-14(11(2)21(10)17-19-3-4-27-17)15(23)9-20-8-13(22(25)26)6-12(7-18)16(20)24/h3-6,8H,9H2,1-2H3. The number of nitrogens with zero attached hydrogens (tertiary/aromatic N) is 5. The average molecular weight is 383 g/mol. The fourth-order valence-corrected chi connectivity index (χ4v) is 3.57. The van der Waals surface area contributed by atoms with Crippen LogP contribution >= 0.6 is 11.3 Å². The number of carbonyl (C=O) groups is 1. The molecule has 0 radical (unpaired) electrons. The van der Waals surface area contributed by atoms with Gasteiger partial charge in [0.15, 0.2) is 10.9 Å². The molecule has 0 bridgehead atoms. The van der Waals surface area contributed by atoms with Crippen molar-refractivity contribution in [2.45, 2.75) is 20.4 Å². The van der Waals surface area contributed by atoms with E-state index in [4.69, 9.17) is 5.26 Å². The molecule has 0 saturated carbocycles. The van der Waals surface area contributed by atoms with E-state index in [9.17, 15) is 19.7 Å². The van der Waals surface area contributed by atoms with Crippen molar-refractivity contribution in [3.63, 3.8) is 0 Å². The molecule has 0 unspecified atom stereocenters. The van der Waals surface area contributed by atoms with Crippen LogP contribution in [0.3, 0.4) is 0 Å². The Bertz CT molecular complexity index is 1150. The second kappa shape index (κ2) is 6.97. The number of nitriles is 1. The van der Waals surface area contributed by atoms with Crippen LogP contribution in [-0.2, 0) is 6.54 Å². The van der Waals surface area contributed by atoms with E-state index in [0.717, 1.165) is 22.5 Å². The lowest BCUT2D eigenvalue weighted by Gasteiger charge is -2.07. The molecule has 3 aromatic heterocycles. The summed E-state index contributed by atoms with van der Waals surface area (Å²) >= 11 is 1.42. The highest BCUT2D eigenvalue weighted by Gasteiger charge is 2.20. The highest BCUT2D eigenvalue weighted by Crippen LogP contribution is 2.23. The fourth-order valence-electron chi connectivity index (χ4n) is 2.82. The van der Waals surface area contributed by atoms with Crippen LogP contribution in [0.1, 0.15) is 27.3 Å². The van der Waals surface area contributed by atoms with Gasteiger partial charge in [-0.25, -0.2) is 4.98 Å². The van der Waals surface area contributed by atoms with E-state index >= 15 is 0 Å². The molecule has 0 aromatic carbocycles. The van der Waals surface area contributed by atoms with Crippen LogP contribution in [-0.4, -0.2) is 24.8 Å². The van der Waals surface area contributed by atoms with Gasteiger partial charge in [0, 0.05) is 34.6 Å². The van der Waals surface area contributed by atoms with E-state index < -0.39 is 28.5 Å². The smallest absolute Gasteiger partial charge is 0.287 e. The zero-order chi connectivity index (χ0) is 19.7. The van der Waals surface area contributed by atoms with Gasteiger partial charge in [0.2, 0.25) is 0 Å². The van der Waals surface area contributed by atoms with Crippen molar-refractivity contribution in [1.82, 2.24) is 14.1 Å². The third-order valence-electron chi connectivity index (χ3n) is 4.06. The van der Waals surface area contributed by atoms with Gasteiger partial charge in [-0.3, -0.25) is 28.8 Å². The Labute approximate surface area is 156 Å². The Hall–Kier alpha value is -3.58. The van der Waals surface area contributed by atoms with Gasteiger partial charge in [-0.15, -0.1) is 11.3 Å². The summed E-state index contributed by atoms with van der Waals surface area (Å²) in [6, 6.07) is 4.21. The minimum atomic E-state index is -0.745. The van der Waals surface area contributed by atoms with E-state index in [0.29, 0.717) is 16.4 Å². The molecule has 3 rings (SSSR count). The Morgan fingerprint density at radius 1 is 1.41 bits per heavy atom. The van der Waals surface area contributed by atoms with Gasteiger partial charge < -0.3 is 0 Å². The minimum absolute atomic E-state index is 0.384. The average Bonchev–Trinajstić information content (AvgIpc) is 3.24. The number of pyridine rings is 1. The van der Waals surface area contributed by atoms with Crippen molar-refractivity contribution >= 4 is 22.8 Å². The van der Waals surface area contributed by atoms with Gasteiger partial charge in [0.05, 0.1) is 17.7 Å². The number of aromatic nitrogens is 3. The van der Waals surface area contributed by atoms with Crippen molar-refractivity contribution in [2.24, 2.45) is 0 Å². The maximum Gasteiger partial charge on any atom is 0.287 e. The van der Waals surface area contributed by atoms with Gasteiger partial charge in [-0.05, 0) is 19.9 Å². The molecule has 9 nitrogen and oxygen atoms in total. The lowest BCUT2D eigenvalue weighted by Crippen LogP contribution is -2.26. The molecule has 0 aliphatic heterocycles. The van der Waals surface area contributed by atoms with E-state index in [1.54, 1.807) is 25.3 Å². The summed E-state index contributed by atoms with van der Waals surface area (Å²) in [4.78, 5) is 39.5. The first-order valence-corrected chi connectivity index (χ1v) is 8.62. The maximum absolute atomic E-state index is 12.8. The summed E-state index contributed by atoms with van der Waals surface area (Å²) in [5, 5.41) is 22.6. The third kappa shape index (κ3) is 3.28. The lowest BCUT2D eigenvalue weighted by molar-refractivity contribution is -0.385. The molecule has 0 atom stereocenters. The number of Topliss-reactive ketones (excluding diaryl/α,β-unsaturated/α-hetero) is 1. The first-order valence-electron chi connectivity index (χ1n) is 7.74. The van der Waals surface area contributed by atoms with Crippen molar-refractivity contribution < 1.29 is 9.72 Å². The Morgan fingerprint density at radius 3 is 2.74 bits per heavy atom. The molecule has 27 heavy (non-hydrogen) atoms. The second-order valence-electron chi connectivity index (χ2n) is 5.77. The number of ketones is 1. The van der Waals surface area contributed by atoms with Gasteiger partial charge in [-0.2, -0.15) is 5.26 Å². The molecule has 0 aliphatic carbocycles. The number of aryl methyl sites for hydroxylation is 1. The molecular weight excluding hydrogens is 370 g/mol. The zero-order valence-electron chi connectivity index (χ0n) is 14.4. The maximum atomic E-state index is 12.8. The number of rotatable bonds is 5. The quantitative estimate of drug-likeness (QED) is 0.378. The summed E-state index contributed by atoms with van der Waals surface area (Å²) in [6.45, 7) is 3.19. The van der Waals surface area contributed by atoms with Crippen LogP contribution in [0.4, 0.5) is 5.69 Å². The van der Waals surface area contributed by atoms with Gasteiger partial charge >= 0.3 is 0 Å². The van der Waals surface area contributed by atoms with E-state index in [1.165, 1.54) is 11.3 Å². The zero-order valence-corrected chi connectivity index (χ0v) is 15.2. The van der Waals surface area contributed by atoms with Crippen molar-refractivity contribution in [3.8, 4) is 11.2 Å². The summed E-state index contributed by atoms with van der Waals surface area (Å²) < 4.78 is 2.73. The molecule has 0 aliphatic rings. The summed E-state index contributed by atoms with van der Waals surface area (Å²) in [5.41, 5.74) is 0.295. The van der Waals surface area contributed by atoms with Crippen LogP contribution in [0.2, 0.25) is 0 Å². The largest absolute Gasteiger partial charge is 0.300 e. The Kier molecular flexibility index (Phi) is 4.70. The molecule has 0 amide bonds. The number of nitro groups is 1. The van der Waals surface area contributed by atoms with Crippen LogP contribution in [0.5, 0.6) is 0 Å². The fraction of sp³-hybridized carbons (Fsp3) is 0.176. The van der Waals surface area contributed by atoms with Crippen molar-refractivity contribution in [3.05, 3.63) is 72.9 Å². The van der Waals surface area contributed by atoms with E-state index in [1.807, 2.05) is 16.9 Å². The predicted molar refractivity (Wildman–Crippen MR) is 97.3 cm³/mol. The third-order valence-corrected chi connectivity index (χ3v) is 4.82. The molecule has 10 heteroatoms. The molecule has 0 saturated heterocycles. The number of hydrogen-bond donors (Lipinski definition) is 0. The van der Waals surface area contributed by atoms with Crippen LogP contribution < -0.4 is 5.56 Å². The SMILES string of the molecule is Cc1cc(C(=O)Cn2cc([N+](=O)[O-])cc(C#N)c2=O)c(C)n1-c1nccs1. The second-order valence-corrected chi connectivity index (χ2v) is 6.65. The molecule has 3 aromatic rings. The van der Waals surface area contributed by atoms with Gasteiger partial charge in [0.25, 0.3) is 11.2 Å². The predicted octanol–water partition coefficient (Wildman–Crippen LogP) is 2.38. The molecule has 3 heterocycles. The first-order chi connectivity index (χ1) is 12.8. The molecule has 0 fully saturated rings. The number of carbonyl (C=O) groups excluding carboxylic acids is 1. The highest BCUT2D eigenvalue weighted by molar-refractivity contribution is 7.12. The highest BCUT2D eigenvalue weighted by atomic mass is 32.1. The van der Waals surface area contributed by atoms with E-state index in [2.05, 4.69) is 4.98 Å². The van der Waals surface area contributed by atoms with Gasteiger partial charge in [0.1, 0.15) is 11.6 Å². The molecular formula is C17H13N5O4S. The van der Waals surface area contributed by atoms with Crippen molar-refractivity contribution in [1.29, 1.82) is 5.26 Å². The number of thiazole rings is 1. The van der Waals surface area contributed by atoms with Crippen LogP contribution in [0.25, 0.3) is 5.13 Å². The minimum Gasteiger partial charge on any atom is -0.300 e. The summed E-state index contributed by atoms with van der Waals surface area (Å²) in [6.07, 6.45) is 2.63. The topological polar surface area (TPSA) is 124 Å². The monoisotopic (exact) mass is 383 g/mol. The number of hydrogen-bond acceptors (Lipinski definition) is 7. The molecule has 0 spiro atoms. The van der Waals surface area contributed by atoms with Crippen molar-refractivity contribution in [2.75, 3.05) is 0 Å². The molecule has 0 N–H and O–H groups in total. The Morgan fingerprint density at radius 2 is 2.15 bits per heavy atom. The van der Waals surface area contributed by atoms with E-state index in [-0.39, 0.29) is 5.56 Å². The first kappa shape index (κ1) is 18.2. The lowest BCUT2D eigenvalue weighted by atomic mass is 10.1. The molecule has 136 valence electrons. The van der Waals surface area contributed by atoms with Gasteiger partial charge in [-0.1, -0.05) is 0 Å². The normalized spacial score (nSPS) is 10.6. The Balaban J connectivity index is 2.01. The van der Waals surface area contributed by atoms with Crippen LogP contribution in [0, 0.1) is 35.3 Å². The summed E-state index contributed by atoms with van der Waals surface area (Å²) in [5.74, 6) is -0.391. The van der Waals surface area contributed by atoms with Crippen LogP contribution in [0.15, 0.2) is 34.7 Å².